The van der Waals surface area contributed by atoms with E-state index >= 15 is 0 Å². The van der Waals surface area contributed by atoms with E-state index in [4.69, 9.17) is 11.6 Å². The minimum absolute atomic E-state index is 0.0264. The van der Waals surface area contributed by atoms with E-state index in [0.29, 0.717) is 5.95 Å². The summed E-state index contributed by atoms with van der Waals surface area (Å²) in [5, 5.41) is 7.41. The fourth-order valence-electron chi connectivity index (χ4n) is 2.07. The second kappa shape index (κ2) is 6.97. The van der Waals surface area contributed by atoms with Gasteiger partial charge in [-0.2, -0.15) is 4.98 Å². The lowest BCUT2D eigenvalue weighted by atomic mass is 10.1. The molecule has 0 aliphatic carbocycles. The van der Waals surface area contributed by atoms with Crippen LogP contribution in [0.5, 0.6) is 0 Å². The molecule has 0 amide bonds. The first-order valence-electron chi connectivity index (χ1n) is 7.44. The third-order valence-electron chi connectivity index (χ3n) is 2.97. The number of aromatic nitrogens is 2. The third kappa shape index (κ3) is 5.53. The van der Waals surface area contributed by atoms with E-state index in [2.05, 4.69) is 41.4 Å². The SMILES string of the molecule is Cc1cc(NC(C)(C)C)nc(NCCc2ccc(Cl)cc2)n1. The monoisotopic (exact) mass is 318 g/mol. The van der Waals surface area contributed by atoms with E-state index < -0.39 is 0 Å². The summed E-state index contributed by atoms with van der Waals surface area (Å²) in [6.07, 6.45) is 0.899. The molecule has 0 bridgehead atoms. The summed E-state index contributed by atoms with van der Waals surface area (Å²) in [6, 6.07) is 9.84. The molecule has 1 aromatic carbocycles. The van der Waals surface area contributed by atoms with Crippen molar-refractivity contribution < 1.29 is 0 Å². The van der Waals surface area contributed by atoms with Crippen molar-refractivity contribution in [1.82, 2.24) is 9.97 Å². The van der Waals surface area contributed by atoms with E-state index in [1.165, 1.54) is 5.56 Å². The van der Waals surface area contributed by atoms with Gasteiger partial charge in [0.15, 0.2) is 0 Å². The fraction of sp³-hybridized carbons (Fsp3) is 0.412. The van der Waals surface area contributed by atoms with Crippen LogP contribution in [-0.4, -0.2) is 22.1 Å². The molecule has 0 atom stereocenters. The van der Waals surface area contributed by atoms with Crippen LogP contribution in [0.15, 0.2) is 30.3 Å². The lowest BCUT2D eigenvalue weighted by Crippen LogP contribution is -2.27. The highest BCUT2D eigenvalue weighted by Gasteiger charge is 2.11. The predicted molar refractivity (Wildman–Crippen MR) is 93.8 cm³/mol. The highest BCUT2D eigenvalue weighted by Crippen LogP contribution is 2.15. The number of benzene rings is 1. The normalized spacial score (nSPS) is 11.3. The van der Waals surface area contributed by atoms with Gasteiger partial charge in [-0.05, 0) is 51.8 Å². The summed E-state index contributed by atoms with van der Waals surface area (Å²) >= 11 is 5.89. The van der Waals surface area contributed by atoms with Crippen LogP contribution in [0.3, 0.4) is 0 Å². The zero-order valence-corrected chi connectivity index (χ0v) is 14.3. The largest absolute Gasteiger partial charge is 0.365 e. The van der Waals surface area contributed by atoms with Crippen molar-refractivity contribution in [3.05, 3.63) is 46.6 Å². The van der Waals surface area contributed by atoms with Gasteiger partial charge in [0, 0.05) is 28.9 Å². The van der Waals surface area contributed by atoms with Crippen molar-refractivity contribution in [3.63, 3.8) is 0 Å². The molecular formula is C17H23ClN4. The summed E-state index contributed by atoms with van der Waals surface area (Å²) in [7, 11) is 0. The zero-order chi connectivity index (χ0) is 16.2. The molecule has 5 heteroatoms. The van der Waals surface area contributed by atoms with Crippen LogP contribution in [0.1, 0.15) is 32.0 Å². The van der Waals surface area contributed by atoms with Crippen LogP contribution < -0.4 is 10.6 Å². The van der Waals surface area contributed by atoms with Gasteiger partial charge in [-0.15, -0.1) is 0 Å². The molecule has 0 aliphatic heterocycles. The van der Waals surface area contributed by atoms with Gasteiger partial charge >= 0.3 is 0 Å². The van der Waals surface area contributed by atoms with Crippen LogP contribution in [0.25, 0.3) is 0 Å². The number of halogens is 1. The predicted octanol–water partition coefficient (Wildman–Crippen LogP) is 4.30. The van der Waals surface area contributed by atoms with E-state index in [1.54, 1.807) is 0 Å². The maximum atomic E-state index is 5.89. The van der Waals surface area contributed by atoms with Crippen molar-refractivity contribution >= 4 is 23.4 Å². The number of aryl methyl sites for hydroxylation is 1. The van der Waals surface area contributed by atoms with Crippen LogP contribution in [-0.2, 0) is 6.42 Å². The number of nitrogens with one attached hydrogen (secondary N) is 2. The summed E-state index contributed by atoms with van der Waals surface area (Å²) in [5.41, 5.74) is 2.15. The van der Waals surface area contributed by atoms with Crippen LogP contribution in [0.4, 0.5) is 11.8 Å². The molecule has 0 unspecified atom stereocenters. The molecule has 2 rings (SSSR count). The first kappa shape index (κ1) is 16.6. The average Bonchev–Trinajstić information content (AvgIpc) is 2.38. The van der Waals surface area contributed by atoms with Crippen molar-refractivity contribution in [3.8, 4) is 0 Å². The number of hydrogen-bond acceptors (Lipinski definition) is 4. The maximum Gasteiger partial charge on any atom is 0.224 e. The fourth-order valence-corrected chi connectivity index (χ4v) is 2.19. The minimum Gasteiger partial charge on any atom is -0.365 e. The van der Waals surface area contributed by atoms with Crippen molar-refractivity contribution in [2.24, 2.45) is 0 Å². The summed E-state index contributed by atoms with van der Waals surface area (Å²) in [4.78, 5) is 8.94. The van der Waals surface area contributed by atoms with Crippen LogP contribution >= 0.6 is 11.6 Å². The standard InChI is InChI=1S/C17H23ClN4/c1-12-11-15(22-17(2,3)4)21-16(20-12)19-10-9-13-5-7-14(18)8-6-13/h5-8,11H,9-10H2,1-4H3,(H2,19,20,21,22). The average molecular weight is 319 g/mol. The molecule has 1 heterocycles. The summed E-state index contributed by atoms with van der Waals surface area (Å²) < 4.78 is 0. The zero-order valence-electron chi connectivity index (χ0n) is 13.6. The first-order chi connectivity index (χ1) is 10.3. The van der Waals surface area contributed by atoms with Gasteiger partial charge in [-0.3, -0.25) is 0 Å². The molecule has 2 aromatic rings. The van der Waals surface area contributed by atoms with Gasteiger partial charge in [-0.1, -0.05) is 23.7 Å². The molecule has 0 radical (unpaired) electrons. The van der Waals surface area contributed by atoms with E-state index in [-0.39, 0.29) is 5.54 Å². The Morgan fingerprint density at radius 2 is 1.77 bits per heavy atom. The van der Waals surface area contributed by atoms with Crippen molar-refractivity contribution in [2.75, 3.05) is 17.2 Å². The molecular weight excluding hydrogens is 296 g/mol. The van der Waals surface area contributed by atoms with Gasteiger partial charge in [0.25, 0.3) is 0 Å². The van der Waals surface area contributed by atoms with E-state index in [1.807, 2.05) is 37.3 Å². The minimum atomic E-state index is -0.0264. The Hall–Kier alpha value is -1.81. The lowest BCUT2D eigenvalue weighted by molar-refractivity contribution is 0.630. The Balaban J connectivity index is 1.96. The molecule has 0 saturated heterocycles. The Bertz CT molecular complexity index is 618. The molecule has 118 valence electrons. The Kier molecular flexibility index (Phi) is 5.24. The van der Waals surface area contributed by atoms with Crippen molar-refractivity contribution in [1.29, 1.82) is 0 Å². The van der Waals surface area contributed by atoms with Gasteiger partial charge in [0.2, 0.25) is 5.95 Å². The number of anilines is 2. The van der Waals surface area contributed by atoms with Crippen LogP contribution in [0.2, 0.25) is 5.02 Å². The van der Waals surface area contributed by atoms with Crippen molar-refractivity contribution in [2.45, 2.75) is 39.7 Å². The molecule has 22 heavy (non-hydrogen) atoms. The first-order valence-corrected chi connectivity index (χ1v) is 7.82. The Morgan fingerprint density at radius 1 is 1.09 bits per heavy atom. The third-order valence-corrected chi connectivity index (χ3v) is 3.22. The van der Waals surface area contributed by atoms with E-state index in [0.717, 1.165) is 29.5 Å². The smallest absolute Gasteiger partial charge is 0.224 e. The topological polar surface area (TPSA) is 49.8 Å². The lowest BCUT2D eigenvalue weighted by Gasteiger charge is -2.21. The quantitative estimate of drug-likeness (QED) is 0.862. The summed E-state index contributed by atoms with van der Waals surface area (Å²) in [6.45, 7) is 9.08. The number of hydrogen-bond donors (Lipinski definition) is 2. The molecule has 0 saturated carbocycles. The molecule has 4 nitrogen and oxygen atoms in total. The number of nitrogens with zero attached hydrogens (tertiary/aromatic N) is 2. The van der Waals surface area contributed by atoms with E-state index in [9.17, 15) is 0 Å². The Labute approximate surface area is 137 Å². The van der Waals surface area contributed by atoms with Gasteiger partial charge in [-0.25, -0.2) is 4.98 Å². The van der Waals surface area contributed by atoms with Gasteiger partial charge in [0.1, 0.15) is 5.82 Å². The highest BCUT2D eigenvalue weighted by molar-refractivity contribution is 6.30. The molecule has 2 N–H and O–H groups in total. The Morgan fingerprint density at radius 3 is 2.41 bits per heavy atom. The second-order valence-corrected chi connectivity index (χ2v) is 6.83. The van der Waals surface area contributed by atoms with Gasteiger partial charge in [0.05, 0.1) is 0 Å². The molecule has 0 spiro atoms. The maximum absolute atomic E-state index is 5.89. The van der Waals surface area contributed by atoms with Crippen LogP contribution in [0, 0.1) is 6.92 Å². The number of rotatable bonds is 5. The van der Waals surface area contributed by atoms with Gasteiger partial charge < -0.3 is 10.6 Å². The molecule has 0 fully saturated rings. The highest BCUT2D eigenvalue weighted by atomic mass is 35.5. The second-order valence-electron chi connectivity index (χ2n) is 6.40. The molecule has 0 aliphatic rings. The molecule has 1 aromatic heterocycles. The summed E-state index contributed by atoms with van der Waals surface area (Å²) in [5.74, 6) is 1.50.